The number of amides is 3. The number of fused-ring (bicyclic) bond motifs is 1. The Morgan fingerprint density at radius 3 is 2.47 bits per heavy atom. The summed E-state index contributed by atoms with van der Waals surface area (Å²) in [6.07, 6.45) is 14.4. The molecule has 1 fully saturated rings. The maximum absolute atomic E-state index is 14.2. The molecule has 0 spiro atoms. The molecule has 1 heterocycles. The number of carbonyl (C=O) groups excluding carboxylic acids is 3. The molecule has 1 saturated carbocycles. The molecule has 4 rings (SSSR count). The Labute approximate surface area is 270 Å². The Kier molecular flexibility index (Phi) is 11.3. The molecule has 0 saturated heterocycles. The Balaban J connectivity index is 1.71. The van der Waals surface area contributed by atoms with Gasteiger partial charge >= 0.3 is 0 Å². The Hall–Kier alpha value is -3.91. The first kappa shape index (κ1) is 34.0. The van der Waals surface area contributed by atoms with E-state index in [2.05, 4.69) is 16.0 Å². The number of allylic oxidation sites excluding steroid dienone is 3. The van der Waals surface area contributed by atoms with Crippen molar-refractivity contribution in [2.24, 2.45) is 0 Å². The minimum Gasteiger partial charge on any atom is -0.351 e. The van der Waals surface area contributed by atoms with Gasteiger partial charge in [-0.3, -0.25) is 14.4 Å². The zero-order valence-corrected chi connectivity index (χ0v) is 27.3. The van der Waals surface area contributed by atoms with Gasteiger partial charge in [-0.1, -0.05) is 66.8 Å². The van der Waals surface area contributed by atoms with Crippen molar-refractivity contribution < 1.29 is 22.8 Å². The van der Waals surface area contributed by atoms with Crippen molar-refractivity contribution in [1.82, 2.24) is 19.8 Å². The van der Waals surface area contributed by atoms with Crippen LogP contribution in [0.2, 0.25) is 0 Å². The summed E-state index contributed by atoms with van der Waals surface area (Å²) < 4.78 is 27.4. The van der Waals surface area contributed by atoms with Crippen LogP contribution in [0.15, 0.2) is 71.8 Å². The summed E-state index contributed by atoms with van der Waals surface area (Å²) in [6.45, 7) is 0.211. The normalized spacial score (nSPS) is 22.1. The first-order chi connectivity index (χ1) is 21.4. The van der Waals surface area contributed by atoms with E-state index in [1.807, 2.05) is 0 Å². The molecular formula is C34H39ClN4O5S. The molecule has 2 aliphatic rings. The molecule has 1 aliphatic heterocycles. The number of nitrogens with one attached hydrogen (secondary N) is 2. The standard InChI is InChI=1S/C34H39ClN4O5S/c1-5-11-25(35)12-10-17-30-31(32(40)36-22-23-18-20-24(21-19-23)33(41)38(2)3)26-13-6-7-14-27(26)34(42)39(30)29-16-9-8-15-28(29)37-45(4,43)44/h1,6-7,10-14,18-21,28-31,37H,8-9,15-17,22H2,2-4H3,(H,36,40)/b12-10-,25-11+/t28-,29-,30-,31+/m0/s1. The van der Waals surface area contributed by atoms with Gasteiger partial charge in [0.1, 0.15) is 0 Å². The fourth-order valence-electron chi connectivity index (χ4n) is 6.21. The lowest BCUT2D eigenvalue weighted by atomic mass is 9.77. The highest BCUT2D eigenvalue weighted by atomic mass is 35.5. The summed E-state index contributed by atoms with van der Waals surface area (Å²) in [5.41, 5.74) is 2.37. The summed E-state index contributed by atoms with van der Waals surface area (Å²) in [5.74, 6) is 0.985. The maximum atomic E-state index is 14.2. The first-order valence-electron chi connectivity index (χ1n) is 14.9. The predicted molar refractivity (Wildman–Crippen MR) is 176 cm³/mol. The van der Waals surface area contributed by atoms with Gasteiger partial charge in [0.25, 0.3) is 11.8 Å². The average Bonchev–Trinajstić information content (AvgIpc) is 3.00. The van der Waals surface area contributed by atoms with Crippen LogP contribution >= 0.6 is 11.6 Å². The van der Waals surface area contributed by atoms with E-state index in [0.29, 0.717) is 34.6 Å². The van der Waals surface area contributed by atoms with E-state index in [9.17, 15) is 22.8 Å². The van der Waals surface area contributed by atoms with Gasteiger partial charge in [-0.05, 0) is 54.7 Å². The summed E-state index contributed by atoms with van der Waals surface area (Å²) >= 11 is 6.23. The zero-order valence-electron chi connectivity index (χ0n) is 25.7. The van der Waals surface area contributed by atoms with Gasteiger partial charge < -0.3 is 15.1 Å². The van der Waals surface area contributed by atoms with E-state index >= 15 is 0 Å². The lowest BCUT2D eigenvalue weighted by Crippen LogP contribution is -2.62. The highest BCUT2D eigenvalue weighted by molar-refractivity contribution is 7.88. The number of halogens is 1. The van der Waals surface area contributed by atoms with E-state index in [4.69, 9.17) is 18.0 Å². The molecule has 2 aromatic rings. The molecule has 3 amide bonds. The third kappa shape index (κ3) is 8.42. The molecule has 0 aromatic heterocycles. The molecular weight excluding hydrogens is 612 g/mol. The van der Waals surface area contributed by atoms with Crippen LogP contribution < -0.4 is 10.0 Å². The number of hydrogen-bond donors (Lipinski definition) is 2. The van der Waals surface area contributed by atoms with Crippen molar-refractivity contribution in [3.63, 3.8) is 0 Å². The summed E-state index contributed by atoms with van der Waals surface area (Å²) in [6, 6.07) is 12.5. The van der Waals surface area contributed by atoms with Crippen molar-refractivity contribution in [2.75, 3.05) is 20.4 Å². The topological polar surface area (TPSA) is 116 Å². The molecule has 4 atom stereocenters. The third-order valence-corrected chi connectivity index (χ3v) is 9.15. The number of benzene rings is 2. The average molecular weight is 651 g/mol. The van der Waals surface area contributed by atoms with Crippen LogP contribution in [0, 0.1) is 12.3 Å². The molecule has 0 unspecified atom stereocenters. The number of sulfonamides is 1. The van der Waals surface area contributed by atoms with Crippen LogP contribution in [0.25, 0.3) is 0 Å². The summed E-state index contributed by atoms with van der Waals surface area (Å²) in [7, 11) is -0.187. The lowest BCUT2D eigenvalue weighted by Gasteiger charge is -2.48. The Bertz CT molecular complexity index is 1630. The van der Waals surface area contributed by atoms with Gasteiger partial charge in [0.15, 0.2) is 0 Å². The molecule has 11 heteroatoms. The third-order valence-electron chi connectivity index (χ3n) is 8.19. The Morgan fingerprint density at radius 2 is 1.80 bits per heavy atom. The second-order valence-electron chi connectivity index (χ2n) is 11.6. The van der Waals surface area contributed by atoms with Crippen molar-refractivity contribution in [3.05, 3.63) is 94.0 Å². The summed E-state index contributed by atoms with van der Waals surface area (Å²) in [4.78, 5) is 43.9. The van der Waals surface area contributed by atoms with Crippen LogP contribution in [-0.2, 0) is 21.4 Å². The van der Waals surface area contributed by atoms with Crippen molar-refractivity contribution in [1.29, 1.82) is 0 Å². The van der Waals surface area contributed by atoms with Gasteiger partial charge in [-0.2, -0.15) is 0 Å². The van der Waals surface area contributed by atoms with Crippen molar-refractivity contribution >= 4 is 39.3 Å². The molecule has 238 valence electrons. The van der Waals surface area contributed by atoms with Crippen LogP contribution in [0.5, 0.6) is 0 Å². The van der Waals surface area contributed by atoms with Gasteiger partial charge in [0, 0.05) is 55.0 Å². The van der Waals surface area contributed by atoms with Gasteiger partial charge in [0.05, 0.1) is 18.2 Å². The minimum atomic E-state index is -3.56. The highest BCUT2D eigenvalue weighted by Crippen LogP contribution is 2.40. The van der Waals surface area contributed by atoms with E-state index in [1.165, 1.54) is 11.0 Å². The largest absolute Gasteiger partial charge is 0.351 e. The molecule has 0 radical (unpaired) electrons. The van der Waals surface area contributed by atoms with E-state index in [-0.39, 0.29) is 30.7 Å². The maximum Gasteiger partial charge on any atom is 0.254 e. The molecule has 2 aromatic carbocycles. The zero-order chi connectivity index (χ0) is 32.7. The second-order valence-corrected chi connectivity index (χ2v) is 13.9. The van der Waals surface area contributed by atoms with Crippen molar-refractivity contribution in [2.45, 2.75) is 62.7 Å². The van der Waals surface area contributed by atoms with Crippen LogP contribution in [0.1, 0.15) is 69.9 Å². The van der Waals surface area contributed by atoms with E-state index < -0.39 is 34.1 Å². The number of rotatable bonds is 10. The molecule has 45 heavy (non-hydrogen) atoms. The predicted octanol–water partition coefficient (Wildman–Crippen LogP) is 4.18. The van der Waals surface area contributed by atoms with Gasteiger partial charge in [0.2, 0.25) is 15.9 Å². The van der Waals surface area contributed by atoms with E-state index in [1.54, 1.807) is 79.7 Å². The van der Waals surface area contributed by atoms with E-state index in [0.717, 1.165) is 24.7 Å². The quantitative estimate of drug-likeness (QED) is 0.296. The number of terminal acetylenes is 1. The van der Waals surface area contributed by atoms with Crippen LogP contribution in [0.3, 0.4) is 0 Å². The monoisotopic (exact) mass is 650 g/mol. The Morgan fingerprint density at radius 1 is 1.11 bits per heavy atom. The van der Waals surface area contributed by atoms with Crippen molar-refractivity contribution in [3.8, 4) is 12.3 Å². The number of hydrogen-bond acceptors (Lipinski definition) is 5. The molecule has 9 nitrogen and oxygen atoms in total. The molecule has 2 N–H and O–H groups in total. The van der Waals surface area contributed by atoms with Crippen LogP contribution in [0.4, 0.5) is 0 Å². The SMILES string of the molecule is C#C/C=C(Cl)\C=C/C[C@H]1[C@H](C(=O)NCc2ccc(C(=O)N(C)C)cc2)c2ccccc2C(=O)N1[C@H]1CCCC[C@@H]1NS(C)(=O)=O. The van der Waals surface area contributed by atoms with Gasteiger partial charge in [-0.15, -0.1) is 6.42 Å². The number of carbonyl (C=O) groups is 3. The molecule has 0 bridgehead atoms. The van der Waals surface area contributed by atoms with Crippen LogP contribution in [-0.4, -0.2) is 74.4 Å². The fourth-order valence-corrected chi connectivity index (χ4v) is 7.19. The van der Waals surface area contributed by atoms with Gasteiger partial charge in [-0.25, -0.2) is 13.1 Å². The lowest BCUT2D eigenvalue weighted by molar-refractivity contribution is -0.124. The summed E-state index contributed by atoms with van der Waals surface area (Å²) in [5, 5.41) is 3.38. The first-order valence-corrected chi connectivity index (χ1v) is 17.1. The fraction of sp³-hybridized carbons (Fsp3) is 0.382. The second kappa shape index (κ2) is 14.9. The highest BCUT2D eigenvalue weighted by Gasteiger charge is 2.47. The number of nitrogens with zero attached hydrogens (tertiary/aromatic N) is 2. The minimum absolute atomic E-state index is 0.117. The smallest absolute Gasteiger partial charge is 0.254 e. The molecule has 1 aliphatic carbocycles.